The van der Waals surface area contributed by atoms with Gasteiger partial charge in [0.25, 0.3) is 0 Å². The van der Waals surface area contributed by atoms with Gasteiger partial charge in [0.15, 0.2) is 0 Å². The first-order valence-electron chi connectivity index (χ1n) is 10.8. The van der Waals surface area contributed by atoms with Crippen molar-refractivity contribution in [1.29, 1.82) is 0 Å². The number of nitrogens with one attached hydrogen (secondary N) is 1. The summed E-state index contributed by atoms with van der Waals surface area (Å²) >= 11 is 0. The van der Waals surface area contributed by atoms with Crippen LogP contribution in [-0.4, -0.2) is 101 Å². The molecule has 0 radical (unpaired) electrons. The standard InChI is InChI=1S/C18H26N4O.2C2HF3O2/c1-15-17(20-18(19-15)16-6-4-3-5-7-16)14-22-10-8-21(9-11-22)12-13-23-2;2*3-2(4,5)1(6)7/h3-7H,8-14H2,1-2H3,(H,19,20);2*(H,6,7). The van der Waals surface area contributed by atoms with E-state index < -0.39 is 24.3 Å². The minimum atomic E-state index is -5.08. The number of aliphatic carboxylic acids is 2. The number of hydrogen-bond acceptors (Lipinski definition) is 6. The van der Waals surface area contributed by atoms with Crippen LogP contribution >= 0.6 is 0 Å². The molecule has 0 unspecified atom stereocenters. The molecular weight excluding hydrogens is 514 g/mol. The van der Waals surface area contributed by atoms with E-state index in [-0.39, 0.29) is 0 Å². The fourth-order valence-electron chi connectivity index (χ4n) is 2.99. The van der Waals surface area contributed by atoms with Gasteiger partial charge in [0, 0.05) is 57.6 Å². The van der Waals surface area contributed by atoms with E-state index in [1.54, 1.807) is 7.11 Å². The van der Waals surface area contributed by atoms with Crippen LogP contribution < -0.4 is 0 Å². The maximum absolute atomic E-state index is 10.6. The number of piperazine rings is 1. The topological polar surface area (TPSA) is 119 Å². The van der Waals surface area contributed by atoms with Gasteiger partial charge in [-0.3, -0.25) is 9.80 Å². The number of aryl methyl sites for hydroxylation is 1. The minimum absolute atomic E-state index is 0.818. The average molecular weight is 542 g/mol. The Bertz CT molecular complexity index is 950. The number of benzene rings is 1. The first kappa shape index (κ1) is 31.9. The Hall–Kier alpha value is -3.17. The second-order valence-electron chi connectivity index (χ2n) is 7.74. The van der Waals surface area contributed by atoms with Crippen LogP contribution in [0.15, 0.2) is 30.3 Å². The summed E-state index contributed by atoms with van der Waals surface area (Å²) in [5.41, 5.74) is 3.48. The molecule has 208 valence electrons. The van der Waals surface area contributed by atoms with Gasteiger partial charge in [0.05, 0.1) is 12.3 Å². The molecule has 9 nitrogen and oxygen atoms in total. The zero-order valence-electron chi connectivity index (χ0n) is 20.1. The lowest BCUT2D eigenvalue weighted by Gasteiger charge is -2.34. The Balaban J connectivity index is 0.000000404. The highest BCUT2D eigenvalue weighted by Gasteiger charge is 2.38. The number of carboxylic acids is 2. The molecule has 2 heterocycles. The molecule has 2 aromatic rings. The first-order valence-corrected chi connectivity index (χ1v) is 10.8. The van der Waals surface area contributed by atoms with Crippen LogP contribution in [0.1, 0.15) is 11.4 Å². The molecule has 1 aliphatic rings. The van der Waals surface area contributed by atoms with Crippen molar-refractivity contribution in [2.45, 2.75) is 25.8 Å². The Labute approximate surface area is 208 Å². The monoisotopic (exact) mass is 542 g/mol. The van der Waals surface area contributed by atoms with E-state index in [0.717, 1.165) is 63.0 Å². The third-order valence-electron chi connectivity index (χ3n) is 4.97. The highest BCUT2D eigenvalue weighted by molar-refractivity contribution is 5.73. The van der Waals surface area contributed by atoms with E-state index in [2.05, 4.69) is 33.8 Å². The fourth-order valence-corrected chi connectivity index (χ4v) is 2.99. The Morgan fingerprint density at radius 2 is 1.41 bits per heavy atom. The van der Waals surface area contributed by atoms with E-state index in [4.69, 9.17) is 29.5 Å². The lowest BCUT2D eigenvalue weighted by atomic mass is 10.2. The van der Waals surface area contributed by atoms with E-state index in [1.165, 1.54) is 5.69 Å². The highest BCUT2D eigenvalue weighted by atomic mass is 19.4. The molecule has 1 fully saturated rings. The summed E-state index contributed by atoms with van der Waals surface area (Å²) in [4.78, 5) is 31.0. The van der Waals surface area contributed by atoms with Gasteiger partial charge in [0.2, 0.25) is 0 Å². The number of aromatic amines is 1. The highest BCUT2D eigenvalue weighted by Crippen LogP contribution is 2.19. The SMILES string of the molecule is COCCN1CCN(Cc2nc(-c3ccccc3)[nH]c2C)CC1.O=C(O)C(F)(F)F.O=C(O)C(F)(F)F. The second-order valence-corrected chi connectivity index (χ2v) is 7.74. The third kappa shape index (κ3) is 12.1. The summed E-state index contributed by atoms with van der Waals surface area (Å²) in [5.74, 6) is -4.54. The minimum Gasteiger partial charge on any atom is -0.475 e. The average Bonchev–Trinajstić information content (AvgIpc) is 3.19. The molecule has 0 aliphatic carbocycles. The van der Waals surface area contributed by atoms with Gasteiger partial charge in [0.1, 0.15) is 5.82 Å². The number of aromatic nitrogens is 2. The van der Waals surface area contributed by atoms with Crippen molar-refractivity contribution in [2.24, 2.45) is 0 Å². The number of alkyl halides is 6. The van der Waals surface area contributed by atoms with Crippen molar-refractivity contribution in [3.05, 3.63) is 41.7 Å². The maximum atomic E-state index is 10.6. The quantitative estimate of drug-likeness (QED) is 0.476. The normalized spacial score (nSPS) is 14.7. The first-order chi connectivity index (χ1) is 17.1. The summed E-state index contributed by atoms with van der Waals surface area (Å²) in [6.45, 7) is 9.30. The Morgan fingerprint density at radius 3 is 1.84 bits per heavy atom. The molecule has 0 amide bonds. The summed E-state index contributed by atoms with van der Waals surface area (Å²) in [5, 5.41) is 14.2. The van der Waals surface area contributed by atoms with Crippen LogP contribution in [-0.2, 0) is 20.9 Å². The van der Waals surface area contributed by atoms with Gasteiger partial charge in [-0.15, -0.1) is 0 Å². The second kappa shape index (κ2) is 14.5. The van der Waals surface area contributed by atoms with Gasteiger partial charge in [-0.2, -0.15) is 26.3 Å². The molecule has 1 aliphatic heterocycles. The molecule has 37 heavy (non-hydrogen) atoms. The smallest absolute Gasteiger partial charge is 0.475 e. The number of H-pyrrole nitrogens is 1. The van der Waals surface area contributed by atoms with Crippen molar-refractivity contribution in [1.82, 2.24) is 19.8 Å². The molecule has 3 N–H and O–H groups in total. The van der Waals surface area contributed by atoms with Crippen LogP contribution in [0.5, 0.6) is 0 Å². The van der Waals surface area contributed by atoms with Gasteiger partial charge >= 0.3 is 24.3 Å². The summed E-state index contributed by atoms with van der Waals surface area (Å²) in [6.07, 6.45) is -10.2. The molecule has 1 saturated heterocycles. The molecular formula is C22H28F6N4O5. The van der Waals surface area contributed by atoms with Gasteiger partial charge < -0.3 is 19.9 Å². The van der Waals surface area contributed by atoms with Crippen molar-refractivity contribution >= 4 is 11.9 Å². The number of nitrogens with zero attached hydrogens (tertiary/aromatic N) is 3. The van der Waals surface area contributed by atoms with Crippen molar-refractivity contribution in [2.75, 3.05) is 46.4 Å². The number of imidazole rings is 1. The third-order valence-corrected chi connectivity index (χ3v) is 4.97. The molecule has 3 rings (SSSR count). The van der Waals surface area contributed by atoms with Crippen molar-refractivity contribution in [3.63, 3.8) is 0 Å². The molecule has 1 aromatic heterocycles. The zero-order chi connectivity index (χ0) is 28.2. The number of carboxylic acid groups (broad SMARTS) is 2. The summed E-state index contributed by atoms with van der Waals surface area (Å²) in [7, 11) is 1.76. The lowest BCUT2D eigenvalue weighted by molar-refractivity contribution is -0.193. The summed E-state index contributed by atoms with van der Waals surface area (Å²) < 4.78 is 68.6. The van der Waals surface area contributed by atoms with Gasteiger partial charge in [-0.05, 0) is 6.92 Å². The molecule has 1 aromatic carbocycles. The Morgan fingerprint density at radius 1 is 0.946 bits per heavy atom. The van der Waals surface area contributed by atoms with Crippen LogP contribution in [0.4, 0.5) is 26.3 Å². The van der Waals surface area contributed by atoms with E-state index in [1.807, 2.05) is 18.2 Å². The Kier molecular flexibility index (Phi) is 12.5. The van der Waals surface area contributed by atoms with Crippen LogP contribution in [0.2, 0.25) is 0 Å². The fraction of sp³-hybridized carbons (Fsp3) is 0.500. The van der Waals surface area contributed by atoms with Crippen LogP contribution in [0.3, 0.4) is 0 Å². The van der Waals surface area contributed by atoms with Gasteiger partial charge in [-0.1, -0.05) is 30.3 Å². The molecule has 0 bridgehead atoms. The largest absolute Gasteiger partial charge is 0.490 e. The predicted molar refractivity (Wildman–Crippen MR) is 120 cm³/mol. The van der Waals surface area contributed by atoms with E-state index in [9.17, 15) is 26.3 Å². The molecule has 15 heteroatoms. The number of hydrogen-bond donors (Lipinski definition) is 3. The number of ether oxygens (including phenoxy) is 1. The lowest BCUT2D eigenvalue weighted by Crippen LogP contribution is -2.46. The van der Waals surface area contributed by atoms with Crippen LogP contribution in [0, 0.1) is 6.92 Å². The van der Waals surface area contributed by atoms with Crippen molar-refractivity contribution in [3.8, 4) is 11.4 Å². The number of halogens is 6. The maximum Gasteiger partial charge on any atom is 0.490 e. The molecule has 0 saturated carbocycles. The predicted octanol–water partition coefficient (Wildman–Crippen LogP) is 3.42. The van der Waals surface area contributed by atoms with E-state index >= 15 is 0 Å². The van der Waals surface area contributed by atoms with E-state index in [0.29, 0.717) is 0 Å². The number of carbonyl (C=O) groups is 2. The molecule has 0 atom stereocenters. The zero-order valence-corrected chi connectivity index (χ0v) is 20.1. The molecule has 0 spiro atoms. The summed E-state index contributed by atoms with van der Waals surface area (Å²) in [6, 6.07) is 10.3. The van der Waals surface area contributed by atoms with Gasteiger partial charge in [-0.25, -0.2) is 14.6 Å². The number of methoxy groups -OCH3 is 1. The van der Waals surface area contributed by atoms with Crippen LogP contribution in [0.25, 0.3) is 11.4 Å². The van der Waals surface area contributed by atoms with Crippen molar-refractivity contribution < 1.29 is 50.9 Å². The number of rotatable bonds is 6.